The molecule has 2 aromatic rings. The van der Waals surface area contributed by atoms with Crippen molar-refractivity contribution in [2.75, 3.05) is 0 Å². The predicted molar refractivity (Wildman–Crippen MR) is 42.7 cm³/mol. The molecule has 0 spiro atoms. The first-order valence-corrected chi connectivity index (χ1v) is 4.04. The molecular weight excluding hydrogens is 164 g/mol. The van der Waals surface area contributed by atoms with Crippen LogP contribution < -0.4 is 3.79 Å². The van der Waals surface area contributed by atoms with Crippen molar-refractivity contribution in [3.05, 3.63) is 28.4 Å². The van der Waals surface area contributed by atoms with Crippen LogP contribution in [0.5, 0.6) is 0 Å². The van der Waals surface area contributed by atoms with Gasteiger partial charge >= 0.3 is 0 Å². The number of aromatic amines is 1. The summed E-state index contributed by atoms with van der Waals surface area (Å²) in [6.07, 6.45) is 1.98. The van der Waals surface area contributed by atoms with Crippen molar-refractivity contribution < 1.29 is 3.79 Å². The first-order chi connectivity index (χ1) is 4.86. The van der Waals surface area contributed by atoms with Gasteiger partial charge in [-0.15, -0.1) is 3.79 Å². The molecule has 2 rings (SSSR count). The molecule has 2 nitrogen and oxygen atoms in total. The molecule has 0 saturated heterocycles. The second kappa shape index (κ2) is 2.14. The minimum absolute atomic E-state index is 0.811. The molecule has 0 bridgehead atoms. The fourth-order valence-electron chi connectivity index (χ4n) is 0.821. The van der Waals surface area contributed by atoms with Crippen LogP contribution in [-0.4, -0.2) is 4.98 Å². The van der Waals surface area contributed by atoms with Crippen LogP contribution in [0.2, 0.25) is 0 Å². The van der Waals surface area contributed by atoms with Gasteiger partial charge in [-0.3, -0.25) is 0 Å². The zero-order valence-electron chi connectivity index (χ0n) is 5.07. The number of hydrogen-bond acceptors (Lipinski definition) is 2. The van der Waals surface area contributed by atoms with Gasteiger partial charge in [-0.1, -0.05) is 6.07 Å². The smallest absolute Gasteiger partial charge is 0.218 e. The van der Waals surface area contributed by atoms with Crippen LogP contribution in [0.4, 0.5) is 0 Å². The summed E-state index contributed by atoms with van der Waals surface area (Å²) in [6, 6.07) is 5.95. The number of aromatic nitrogens is 2. The molecule has 4 heteroatoms. The van der Waals surface area contributed by atoms with Crippen molar-refractivity contribution in [1.29, 1.82) is 0 Å². The van der Waals surface area contributed by atoms with Gasteiger partial charge in [0, 0.05) is 6.07 Å². The predicted octanol–water partition coefficient (Wildman–Crippen LogP) is 1.54. The van der Waals surface area contributed by atoms with Gasteiger partial charge in [0.05, 0.1) is 0 Å². The Kier molecular flexibility index (Phi) is 1.28. The molecule has 1 N–H and O–H groups in total. The molecule has 0 aromatic carbocycles. The summed E-state index contributed by atoms with van der Waals surface area (Å²) in [7, 11) is 0. The van der Waals surface area contributed by atoms with E-state index in [-0.39, 0.29) is 0 Å². The molecule has 0 radical (unpaired) electrons. The van der Waals surface area contributed by atoms with E-state index in [1.54, 1.807) is 0 Å². The summed E-state index contributed by atoms with van der Waals surface area (Å²) in [5.74, 6) is 0. The number of fused-ring (bicyclic) bond motifs is 1. The molecule has 0 aliphatic rings. The van der Waals surface area contributed by atoms with E-state index in [2.05, 4.69) is 4.98 Å². The van der Waals surface area contributed by atoms with Crippen LogP contribution in [-0.2, 0) is 0 Å². The molecule has 0 fully saturated rings. The lowest BCUT2D eigenvalue weighted by Gasteiger charge is -1.76. The molecule has 0 atom stereocenters. The molecule has 2 aromatic heterocycles. The molecule has 0 unspecified atom stereocenters. The van der Waals surface area contributed by atoms with E-state index in [1.807, 2.05) is 28.2 Å². The van der Waals surface area contributed by atoms with E-state index in [1.165, 1.54) is 11.5 Å². The minimum Gasteiger partial charge on any atom is -0.218 e. The van der Waals surface area contributed by atoms with Gasteiger partial charge in [0.15, 0.2) is 0 Å². The molecule has 0 amide bonds. The summed E-state index contributed by atoms with van der Waals surface area (Å²) in [5, 5.41) is 0. The molecule has 0 aliphatic carbocycles. The second-order valence-electron chi connectivity index (χ2n) is 1.92. The van der Waals surface area contributed by atoms with E-state index in [0.717, 1.165) is 9.60 Å². The SMILES string of the molecule is S=c1[nH]c2cccc[n+]2s1. The lowest BCUT2D eigenvalue weighted by molar-refractivity contribution is -0.433. The summed E-state index contributed by atoms with van der Waals surface area (Å²) < 4.78 is 2.81. The summed E-state index contributed by atoms with van der Waals surface area (Å²) in [4.78, 5) is 3.05. The summed E-state index contributed by atoms with van der Waals surface area (Å²) in [5.41, 5.74) is 1.05. The third-order valence-corrected chi connectivity index (χ3v) is 2.34. The fraction of sp³-hybridized carbons (Fsp3) is 0. The van der Waals surface area contributed by atoms with Gasteiger partial charge < -0.3 is 0 Å². The Morgan fingerprint density at radius 3 is 3.20 bits per heavy atom. The van der Waals surface area contributed by atoms with Gasteiger partial charge in [0.1, 0.15) is 17.7 Å². The van der Waals surface area contributed by atoms with Crippen molar-refractivity contribution >= 4 is 29.4 Å². The Labute approximate surface area is 66.9 Å². The van der Waals surface area contributed by atoms with E-state index in [4.69, 9.17) is 12.2 Å². The topological polar surface area (TPSA) is 19.9 Å². The lowest BCUT2D eigenvalue weighted by atomic mass is 10.5. The minimum atomic E-state index is 0.811. The summed E-state index contributed by atoms with van der Waals surface area (Å²) >= 11 is 6.48. The van der Waals surface area contributed by atoms with E-state index in [9.17, 15) is 0 Å². The Bertz CT molecular complexity index is 365. The van der Waals surface area contributed by atoms with Crippen LogP contribution in [0, 0.1) is 3.95 Å². The molecule has 2 heterocycles. The number of H-pyrrole nitrogens is 1. The highest BCUT2D eigenvalue weighted by Gasteiger charge is 2.00. The Morgan fingerprint density at radius 1 is 1.50 bits per heavy atom. The molecular formula is C6H5N2S2+. The average Bonchev–Trinajstić information content (AvgIpc) is 2.27. The normalized spacial score (nSPS) is 10.4. The van der Waals surface area contributed by atoms with Gasteiger partial charge in [-0.2, -0.15) is 0 Å². The standard InChI is InChI=1S/C6H4N2S2/c9-6-7-5-3-1-2-4-8(5)10-6/h1-4H/p+1. The highest BCUT2D eigenvalue weighted by atomic mass is 32.2. The maximum atomic E-state index is 4.96. The molecule has 10 heavy (non-hydrogen) atoms. The first kappa shape index (κ1) is 6.00. The maximum absolute atomic E-state index is 4.96. The van der Waals surface area contributed by atoms with Crippen molar-refractivity contribution in [2.45, 2.75) is 0 Å². The zero-order valence-corrected chi connectivity index (χ0v) is 6.71. The van der Waals surface area contributed by atoms with Crippen LogP contribution in [0.15, 0.2) is 24.4 Å². The number of nitrogens with one attached hydrogen (secondary N) is 1. The average molecular weight is 169 g/mol. The van der Waals surface area contributed by atoms with Crippen LogP contribution in [0.25, 0.3) is 5.65 Å². The van der Waals surface area contributed by atoms with Gasteiger partial charge in [-0.05, 0) is 18.3 Å². The molecule has 50 valence electrons. The van der Waals surface area contributed by atoms with Crippen LogP contribution in [0.1, 0.15) is 0 Å². The third kappa shape index (κ3) is 0.853. The monoisotopic (exact) mass is 169 g/mol. The number of nitrogens with zero attached hydrogens (tertiary/aromatic N) is 1. The Hall–Kier alpha value is -0.740. The number of rotatable bonds is 0. The van der Waals surface area contributed by atoms with Crippen molar-refractivity contribution in [3.63, 3.8) is 0 Å². The van der Waals surface area contributed by atoms with E-state index >= 15 is 0 Å². The van der Waals surface area contributed by atoms with Crippen molar-refractivity contribution in [1.82, 2.24) is 4.98 Å². The summed E-state index contributed by atoms with van der Waals surface area (Å²) in [6.45, 7) is 0. The number of hydrogen-bond donors (Lipinski definition) is 1. The fourth-order valence-corrected chi connectivity index (χ4v) is 1.83. The lowest BCUT2D eigenvalue weighted by Crippen LogP contribution is -2.12. The van der Waals surface area contributed by atoms with Crippen LogP contribution in [0.3, 0.4) is 0 Å². The van der Waals surface area contributed by atoms with E-state index in [0.29, 0.717) is 0 Å². The second-order valence-corrected chi connectivity index (χ2v) is 3.57. The largest absolute Gasteiger partial charge is 0.297 e. The number of pyridine rings is 1. The quantitative estimate of drug-likeness (QED) is 0.468. The van der Waals surface area contributed by atoms with E-state index < -0.39 is 0 Å². The van der Waals surface area contributed by atoms with Gasteiger partial charge in [0.25, 0.3) is 9.60 Å². The van der Waals surface area contributed by atoms with Gasteiger partial charge in [-0.25, -0.2) is 4.98 Å². The highest BCUT2D eigenvalue weighted by Crippen LogP contribution is 1.96. The highest BCUT2D eigenvalue weighted by molar-refractivity contribution is 7.73. The zero-order chi connectivity index (χ0) is 6.97. The van der Waals surface area contributed by atoms with Crippen molar-refractivity contribution in [2.24, 2.45) is 0 Å². The Morgan fingerprint density at radius 2 is 2.40 bits per heavy atom. The van der Waals surface area contributed by atoms with Crippen LogP contribution >= 0.6 is 23.8 Å². The van der Waals surface area contributed by atoms with Gasteiger partial charge in [0.2, 0.25) is 0 Å². The van der Waals surface area contributed by atoms with Crippen molar-refractivity contribution in [3.8, 4) is 0 Å². The first-order valence-electron chi connectivity index (χ1n) is 2.86. The third-order valence-electron chi connectivity index (χ3n) is 1.24. The Balaban J connectivity index is 3.01. The molecule has 0 saturated carbocycles. The maximum Gasteiger partial charge on any atom is 0.297 e. The molecule has 0 aliphatic heterocycles.